The molecule has 5 heteroatoms. The van der Waals surface area contributed by atoms with E-state index in [1.807, 2.05) is 18.3 Å². The summed E-state index contributed by atoms with van der Waals surface area (Å²) in [7, 11) is 0. The lowest BCUT2D eigenvalue weighted by molar-refractivity contribution is -0.122. The minimum atomic E-state index is 0.209. The summed E-state index contributed by atoms with van der Waals surface area (Å²) in [6, 6.07) is 6.38. The van der Waals surface area contributed by atoms with Crippen molar-refractivity contribution in [3.63, 3.8) is 0 Å². The van der Waals surface area contributed by atoms with E-state index in [0.29, 0.717) is 12.5 Å². The number of rotatable bonds is 9. The lowest BCUT2D eigenvalue weighted by Gasteiger charge is -2.32. The van der Waals surface area contributed by atoms with Crippen LogP contribution in [0, 0.1) is 0 Å². The first-order valence-corrected chi connectivity index (χ1v) is 8.89. The van der Waals surface area contributed by atoms with Gasteiger partial charge in [-0.1, -0.05) is 18.9 Å². The first kappa shape index (κ1) is 17.9. The normalized spacial score (nSPS) is 16.4. The molecular formula is C18H30N4O. The molecule has 1 amide bonds. The molecule has 3 N–H and O–H groups in total. The number of amides is 1. The van der Waals surface area contributed by atoms with Crippen LogP contribution < -0.4 is 11.1 Å². The van der Waals surface area contributed by atoms with Crippen LogP contribution in [-0.2, 0) is 11.3 Å². The van der Waals surface area contributed by atoms with Crippen LogP contribution in [0.4, 0.5) is 0 Å². The van der Waals surface area contributed by atoms with Crippen LogP contribution in [0.5, 0.6) is 0 Å². The molecule has 5 nitrogen and oxygen atoms in total. The third kappa shape index (κ3) is 7.10. The summed E-state index contributed by atoms with van der Waals surface area (Å²) < 4.78 is 0. The molecule has 128 valence electrons. The highest BCUT2D eigenvalue weighted by atomic mass is 16.1. The first-order valence-electron chi connectivity index (χ1n) is 8.89. The highest BCUT2D eigenvalue weighted by molar-refractivity contribution is 5.76. The molecule has 0 radical (unpaired) electrons. The molecule has 1 aromatic rings. The van der Waals surface area contributed by atoms with Crippen molar-refractivity contribution in [2.24, 2.45) is 5.73 Å². The number of unbranched alkanes of at least 4 members (excludes halogenated alkanes) is 3. The topological polar surface area (TPSA) is 71.2 Å². The second kappa shape index (κ2) is 10.3. The Bertz CT molecular complexity index is 444. The Morgan fingerprint density at radius 2 is 2.00 bits per heavy atom. The predicted molar refractivity (Wildman–Crippen MR) is 92.8 cm³/mol. The van der Waals surface area contributed by atoms with Crippen molar-refractivity contribution in [1.82, 2.24) is 15.2 Å². The Morgan fingerprint density at radius 1 is 1.22 bits per heavy atom. The number of piperidine rings is 1. The average molecular weight is 318 g/mol. The number of carbonyl (C=O) groups is 1. The van der Waals surface area contributed by atoms with E-state index in [0.717, 1.165) is 70.4 Å². The lowest BCUT2D eigenvalue weighted by atomic mass is 10.0. The molecule has 0 spiro atoms. The van der Waals surface area contributed by atoms with Crippen LogP contribution in [-0.4, -0.2) is 41.5 Å². The van der Waals surface area contributed by atoms with Crippen molar-refractivity contribution in [1.29, 1.82) is 0 Å². The van der Waals surface area contributed by atoms with Gasteiger partial charge in [-0.05, 0) is 44.4 Å². The van der Waals surface area contributed by atoms with Gasteiger partial charge in [-0.2, -0.15) is 0 Å². The number of nitrogens with two attached hydrogens (primary N) is 1. The minimum Gasteiger partial charge on any atom is -0.353 e. The average Bonchev–Trinajstić information content (AvgIpc) is 2.57. The smallest absolute Gasteiger partial charge is 0.220 e. The molecule has 1 aliphatic rings. The highest BCUT2D eigenvalue weighted by Gasteiger charge is 2.20. The molecule has 0 bridgehead atoms. The van der Waals surface area contributed by atoms with Crippen molar-refractivity contribution < 1.29 is 4.79 Å². The maximum atomic E-state index is 12.0. The predicted octanol–water partition coefficient (Wildman–Crippen LogP) is 2.07. The summed E-state index contributed by atoms with van der Waals surface area (Å²) in [6.07, 6.45) is 8.84. The SMILES string of the molecule is NCCCCCCC(=O)NC1CCN(Cc2ccccn2)CC1. The maximum Gasteiger partial charge on any atom is 0.220 e. The summed E-state index contributed by atoms with van der Waals surface area (Å²) in [5, 5.41) is 3.19. The molecule has 0 unspecified atom stereocenters. The molecule has 23 heavy (non-hydrogen) atoms. The van der Waals surface area contributed by atoms with Crippen molar-refractivity contribution in [2.75, 3.05) is 19.6 Å². The summed E-state index contributed by atoms with van der Waals surface area (Å²) in [5.41, 5.74) is 6.58. The number of likely N-dealkylation sites (tertiary alicyclic amines) is 1. The van der Waals surface area contributed by atoms with Gasteiger partial charge in [-0.3, -0.25) is 14.7 Å². The Hall–Kier alpha value is -1.46. The van der Waals surface area contributed by atoms with Gasteiger partial charge >= 0.3 is 0 Å². The number of carbonyl (C=O) groups excluding carboxylic acids is 1. The van der Waals surface area contributed by atoms with E-state index >= 15 is 0 Å². The van der Waals surface area contributed by atoms with Crippen molar-refractivity contribution >= 4 is 5.91 Å². The van der Waals surface area contributed by atoms with E-state index in [2.05, 4.69) is 21.3 Å². The molecule has 1 saturated heterocycles. The van der Waals surface area contributed by atoms with Gasteiger partial charge in [-0.15, -0.1) is 0 Å². The van der Waals surface area contributed by atoms with Gasteiger partial charge in [0.05, 0.1) is 5.69 Å². The molecular weight excluding hydrogens is 288 g/mol. The fraction of sp³-hybridized carbons (Fsp3) is 0.667. The molecule has 1 aliphatic heterocycles. The Labute approximate surface area is 139 Å². The molecule has 2 heterocycles. The molecule has 1 aromatic heterocycles. The van der Waals surface area contributed by atoms with Crippen LogP contribution in [0.1, 0.15) is 50.6 Å². The van der Waals surface area contributed by atoms with Crippen molar-refractivity contribution in [3.8, 4) is 0 Å². The quantitative estimate of drug-likeness (QED) is 0.684. The highest BCUT2D eigenvalue weighted by Crippen LogP contribution is 2.13. The summed E-state index contributed by atoms with van der Waals surface area (Å²) >= 11 is 0. The van der Waals surface area contributed by atoms with Crippen LogP contribution in [0.2, 0.25) is 0 Å². The second-order valence-corrected chi connectivity index (χ2v) is 6.39. The largest absolute Gasteiger partial charge is 0.353 e. The first-order chi connectivity index (χ1) is 11.3. The van der Waals surface area contributed by atoms with Crippen LogP contribution in [0.25, 0.3) is 0 Å². The van der Waals surface area contributed by atoms with Gasteiger partial charge < -0.3 is 11.1 Å². The third-order valence-corrected chi connectivity index (χ3v) is 4.42. The van der Waals surface area contributed by atoms with Crippen molar-refractivity contribution in [2.45, 2.75) is 57.5 Å². The summed E-state index contributed by atoms with van der Waals surface area (Å²) in [5.74, 6) is 0.209. The van der Waals surface area contributed by atoms with Gasteiger partial charge in [0.1, 0.15) is 0 Å². The van der Waals surface area contributed by atoms with Crippen LogP contribution in [0.3, 0.4) is 0 Å². The number of nitrogens with one attached hydrogen (secondary N) is 1. The van der Waals surface area contributed by atoms with Gasteiger partial charge in [-0.25, -0.2) is 0 Å². The number of nitrogens with zero attached hydrogens (tertiary/aromatic N) is 2. The van der Waals surface area contributed by atoms with E-state index in [9.17, 15) is 4.79 Å². The maximum absolute atomic E-state index is 12.0. The van der Waals surface area contributed by atoms with E-state index < -0.39 is 0 Å². The van der Waals surface area contributed by atoms with Gasteiger partial charge in [0.25, 0.3) is 0 Å². The van der Waals surface area contributed by atoms with E-state index in [-0.39, 0.29) is 5.91 Å². The number of pyridine rings is 1. The number of aromatic nitrogens is 1. The van der Waals surface area contributed by atoms with E-state index in [4.69, 9.17) is 5.73 Å². The van der Waals surface area contributed by atoms with E-state index in [1.165, 1.54) is 0 Å². The zero-order chi connectivity index (χ0) is 16.3. The zero-order valence-electron chi connectivity index (χ0n) is 14.0. The van der Waals surface area contributed by atoms with Crippen LogP contribution in [0.15, 0.2) is 24.4 Å². The number of hydrogen-bond donors (Lipinski definition) is 2. The second-order valence-electron chi connectivity index (χ2n) is 6.39. The molecule has 2 rings (SSSR count). The molecule has 0 atom stereocenters. The molecule has 0 aliphatic carbocycles. The van der Waals surface area contributed by atoms with Gasteiger partial charge in [0, 0.05) is 38.3 Å². The standard InChI is InChI=1S/C18H30N4O/c19-11-5-2-1-3-8-18(23)21-16-9-13-22(14-10-16)15-17-7-4-6-12-20-17/h4,6-7,12,16H,1-3,5,8-11,13-15,19H2,(H,21,23). The summed E-state index contributed by atoms with van der Waals surface area (Å²) in [6.45, 7) is 3.71. The fourth-order valence-electron chi connectivity index (χ4n) is 3.04. The minimum absolute atomic E-state index is 0.209. The fourth-order valence-corrected chi connectivity index (χ4v) is 3.04. The number of hydrogen-bond acceptors (Lipinski definition) is 4. The molecule has 0 saturated carbocycles. The monoisotopic (exact) mass is 318 g/mol. The molecule has 0 aromatic carbocycles. The van der Waals surface area contributed by atoms with Crippen molar-refractivity contribution in [3.05, 3.63) is 30.1 Å². The Kier molecular flexibility index (Phi) is 8.04. The van der Waals surface area contributed by atoms with Crippen LogP contribution >= 0.6 is 0 Å². The van der Waals surface area contributed by atoms with E-state index in [1.54, 1.807) is 0 Å². The molecule has 1 fully saturated rings. The van der Waals surface area contributed by atoms with Gasteiger partial charge in [0.15, 0.2) is 0 Å². The lowest BCUT2D eigenvalue weighted by Crippen LogP contribution is -2.44. The van der Waals surface area contributed by atoms with Gasteiger partial charge in [0.2, 0.25) is 5.91 Å². The third-order valence-electron chi connectivity index (χ3n) is 4.42. The Balaban J connectivity index is 1.58. The zero-order valence-corrected chi connectivity index (χ0v) is 14.0. The summed E-state index contributed by atoms with van der Waals surface area (Å²) in [4.78, 5) is 18.7. The Morgan fingerprint density at radius 3 is 2.70 bits per heavy atom.